The average Bonchev–Trinajstić information content (AvgIpc) is 3.07. The van der Waals surface area contributed by atoms with Crippen LogP contribution in [-0.2, 0) is 0 Å². The number of amides is 1. The molecule has 158 valence electrons. The number of carbonyl (C=O) groups excluding carboxylic acids is 2. The van der Waals surface area contributed by atoms with Crippen LogP contribution in [0.1, 0.15) is 45.0 Å². The Morgan fingerprint density at radius 1 is 1.00 bits per heavy atom. The van der Waals surface area contributed by atoms with Crippen molar-refractivity contribution in [1.29, 1.82) is 0 Å². The molecule has 1 amide bonds. The van der Waals surface area contributed by atoms with Crippen LogP contribution in [0.4, 0.5) is 10.1 Å². The van der Waals surface area contributed by atoms with E-state index in [1.165, 1.54) is 24.0 Å². The molecule has 0 fully saturated rings. The standard InChI is InChI=1S/C25H15BrFNO4/c1-13(29)14-4-9-18(10-5-14)28-22(15-2-7-17(27)8-3-15)21-23(30)19-12-16(26)6-11-20(19)32-24(21)25(28)31/h2-12,22H,1H3. The van der Waals surface area contributed by atoms with E-state index in [-0.39, 0.29) is 22.5 Å². The molecule has 7 heteroatoms. The number of halogens is 2. The smallest absolute Gasteiger partial charge is 0.295 e. The summed E-state index contributed by atoms with van der Waals surface area (Å²) in [6, 6.07) is 16.4. The molecule has 0 bridgehead atoms. The fraction of sp³-hybridized carbons (Fsp3) is 0.0800. The summed E-state index contributed by atoms with van der Waals surface area (Å²) < 4.78 is 20.2. The molecule has 1 atom stereocenters. The van der Waals surface area contributed by atoms with E-state index in [2.05, 4.69) is 15.9 Å². The zero-order valence-electron chi connectivity index (χ0n) is 16.8. The molecule has 3 aromatic carbocycles. The van der Waals surface area contributed by atoms with Crippen molar-refractivity contribution in [3.8, 4) is 0 Å². The Balaban J connectivity index is 1.77. The zero-order chi connectivity index (χ0) is 22.6. The summed E-state index contributed by atoms with van der Waals surface area (Å²) in [5, 5.41) is 0.340. The van der Waals surface area contributed by atoms with Crippen LogP contribution in [0, 0.1) is 5.82 Å². The van der Waals surface area contributed by atoms with Crippen LogP contribution in [0.15, 0.2) is 80.4 Å². The Bertz CT molecular complexity index is 1460. The van der Waals surface area contributed by atoms with Crippen LogP contribution in [0.3, 0.4) is 0 Å². The highest BCUT2D eigenvalue weighted by Gasteiger charge is 2.43. The largest absolute Gasteiger partial charge is 0.450 e. The molecule has 0 aliphatic carbocycles. The van der Waals surface area contributed by atoms with Crippen molar-refractivity contribution in [1.82, 2.24) is 0 Å². The van der Waals surface area contributed by atoms with Crippen molar-refractivity contribution in [2.24, 2.45) is 0 Å². The van der Waals surface area contributed by atoms with Gasteiger partial charge < -0.3 is 4.42 Å². The second-order valence-electron chi connectivity index (χ2n) is 7.55. The van der Waals surface area contributed by atoms with Gasteiger partial charge in [-0.3, -0.25) is 19.3 Å². The van der Waals surface area contributed by atoms with Gasteiger partial charge in [0.05, 0.1) is 17.0 Å². The van der Waals surface area contributed by atoms with Gasteiger partial charge in [0, 0.05) is 15.7 Å². The summed E-state index contributed by atoms with van der Waals surface area (Å²) in [6.07, 6.45) is 0. The second kappa shape index (κ2) is 7.53. The summed E-state index contributed by atoms with van der Waals surface area (Å²) in [5.74, 6) is -1.05. The molecule has 2 heterocycles. The first-order valence-electron chi connectivity index (χ1n) is 9.81. The van der Waals surface area contributed by atoms with E-state index < -0.39 is 17.8 Å². The summed E-state index contributed by atoms with van der Waals surface area (Å²) in [4.78, 5) is 40.1. The number of rotatable bonds is 3. The minimum atomic E-state index is -0.805. The zero-order valence-corrected chi connectivity index (χ0v) is 18.4. The topological polar surface area (TPSA) is 67.6 Å². The maximum atomic E-state index is 13.6. The number of nitrogens with zero attached hydrogens (tertiary/aromatic N) is 1. The number of anilines is 1. The van der Waals surface area contributed by atoms with Crippen molar-refractivity contribution >= 4 is 44.3 Å². The van der Waals surface area contributed by atoms with Gasteiger partial charge >= 0.3 is 0 Å². The summed E-state index contributed by atoms with van der Waals surface area (Å²) in [5.41, 5.74) is 1.73. The Kier molecular flexibility index (Phi) is 4.78. The quantitative estimate of drug-likeness (QED) is 0.347. The molecule has 32 heavy (non-hydrogen) atoms. The summed E-state index contributed by atoms with van der Waals surface area (Å²) in [7, 11) is 0. The van der Waals surface area contributed by atoms with E-state index >= 15 is 0 Å². The monoisotopic (exact) mass is 491 g/mol. The minimum absolute atomic E-state index is 0.0465. The molecule has 1 aliphatic rings. The van der Waals surface area contributed by atoms with Gasteiger partial charge in [-0.25, -0.2) is 4.39 Å². The molecular weight excluding hydrogens is 477 g/mol. The van der Waals surface area contributed by atoms with E-state index in [1.54, 1.807) is 54.6 Å². The van der Waals surface area contributed by atoms with Gasteiger partial charge in [-0.2, -0.15) is 0 Å². The lowest BCUT2D eigenvalue weighted by Crippen LogP contribution is -2.29. The van der Waals surface area contributed by atoms with Crippen LogP contribution >= 0.6 is 15.9 Å². The molecule has 4 aromatic rings. The number of hydrogen-bond acceptors (Lipinski definition) is 4. The van der Waals surface area contributed by atoms with Gasteiger partial charge in [0.25, 0.3) is 5.91 Å². The number of benzene rings is 3. The lowest BCUT2D eigenvalue weighted by molar-refractivity contribution is 0.0970. The predicted molar refractivity (Wildman–Crippen MR) is 122 cm³/mol. The Hall–Kier alpha value is -3.58. The van der Waals surface area contributed by atoms with Crippen molar-refractivity contribution in [3.05, 3.63) is 110 Å². The third kappa shape index (κ3) is 3.17. The molecule has 5 nitrogen and oxygen atoms in total. The van der Waals surface area contributed by atoms with E-state index in [0.717, 1.165) is 0 Å². The molecular formula is C25H15BrFNO4. The summed E-state index contributed by atoms with van der Waals surface area (Å²) in [6.45, 7) is 1.46. The normalized spacial score (nSPS) is 15.3. The molecule has 0 spiro atoms. The average molecular weight is 492 g/mol. The van der Waals surface area contributed by atoms with Gasteiger partial charge in [0.2, 0.25) is 5.76 Å². The van der Waals surface area contributed by atoms with Crippen LogP contribution in [0.5, 0.6) is 0 Å². The fourth-order valence-electron chi connectivity index (χ4n) is 4.03. The third-order valence-corrected chi connectivity index (χ3v) is 6.06. The van der Waals surface area contributed by atoms with Crippen LogP contribution in [-0.4, -0.2) is 11.7 Å². The van der Waals surface area contributed by atoms with Crippen LogP contribution in [0.2, 0.25) is 0 Å². The van der Waals surface area contributed by atoms with Gasteiger partial charge in [-0.1, -0.05) is 28.1 Å². The van der Waals surface area contributed by atoms with E-state index in [1.807, 2.05) is 0 Å². The Morgan fingerprint density at radius 2 is 1.69 bits per heavy atom. The highest BCUT2D eigenvalue weighted by Crippen LogP contribution is 2.41. The predicted octanol–water partition coefficient (Wildman–Crippen LogP) is 5.65. The molecule has 0 N–H and O–H groups in total. The maximum Gasteiger partial charge on any atom is 0.295 e. The molecule has 1 aliphatic heterocycles. The number of ketones is 1. The van der Waals surface area contributed by atoms with E-state index in [4.69, 9.17) is 4.42 Å². The molecule has 0 saturated heterocycles. The van der Waals surface area contributed by atoms with Gasteiger partial charge in [-0.05, 0) is 67.1 Å². The lowest BCUT2D eigenvalue weighted by Gasteiger charge is -2.25. The van der Waals surface area contributed by atoms with Gasteiger partial charge in [0.1, 0.15) is 11.4 Å². The third-order valence-electron chi connectivity index (χ3n) is 5.57. The highest BCUT2D eigenvalue weighted by atomic mass is 79.9. The molecule has 0 radical (unpaired) electrons. The first kappa shape index (κ1) is 20.3. The van der Waals surface area contributed by atoms with Crippen LogP contribution in [0.25, 0.3) is 11.0 Å². The van der Waals surface area contributed by atoms with Crippen molar-refractivity contribution in [2.45, 2.75) is 13.0 Å². The SMILES string of the molecule is CC(=O)c1ccc(N2C(=O)c3oc4ccc(Br)cc4c(=O)c3C2c2ccc(F)cc2)cc1. The maximum absolute atomic E-state index is 13.6. The number of hydrogen-bond donors (Lipinski definition) is 0. The van der Waals surface area contributed by atoms with E-state index in [9.17, 15) is 18.8 Å². The highest BCUT2D eigenvalue weighted by molar-refractivity contribution is 9.10. The van der Waals surface area contributed by atoms with Gasteiger partial charge in [-0.15, -0.1) is 0 Å². The molecule has 1 unspecified atom stereocenters. The minimum Gasteiger partial charge on any atom is -0.450 e. The Labute approximate surface area is 190 Å². The number of Topliss-reactive ketones (excluding diaryl/α,β-unsaturated/α-hetero) is 1. The van der Waals surface area contributed by atoms with Crippen molar-refractivity contribution in [2.75, 3.05) is 4.90 Å². The lowest BCUT2D eigenvalue weighted by atomic mass is 9.98. The number of fused-ring (bicyclic) bond motifs is 2. The number of carbonyl (C=O) groups is 2. The first-order valence-corrected chi connectivity index (χ1v) is 10.6. The van der Waals surface area contributed by atoms with Crippen LogP contribution < -0.4 is 10.3 Å². The second-order valence-corrected chi connectivity index (χ2v) is 8.46. The molecule has 5 rings (SSSR count). The molecule has 0 saturated carbocycles. The summed E-state index contributed by atoms with van der Waals surface area (Å²) >= 11 is 3.37. The van der Waals surface area contributed by atoms with Gasteiger partial charge in [0.15, 0.2) is 11.2 Å². The van der Waals surface area contributed by atoms with Crippen molar-refractivity contribution < 1.29 is 18.4 Å². The fourth-order valence-corrected chi connectivity index (χ4v) is 4.39. The van der Waals surface area contributed by atoms with E-state index in [0.29, 0.717) is 32.3 Å². The molecule has 1 aromatic heterocycles. The Morgan fingerprint density at radius 3 is 2.34 bits per heavy atom. The first-order chi connectivity index (χ1) is 15.3. The van der Waals surface area contributed by atoms with Crippen molar-refractivity contribution in [3.63, 3.8) is 0 Å².